The third-order valence-electron chi connectivity index (χ3n) is 2.97. The number of anilines is 1. The van der Waals surface area contributed by atoms with Crippen LogP contribution in [0.15, 0.2) is 18.2 Å². The van der Waals surface area contributed by atoms with E-state index in [0.717, 1.165) is 25.2 Å². The molecule has 100 valence electrons. The first-order valence-electron chi connectivity index (χ1n) is 6.36. The number of hydrogen-bond acceptors (Lipinski definition) is 4. The Morgan fingerprint density at radius 3 is 2.44 bits per heavy atom. The molecule has 0 saturated carbocycles. The van der Waals surface area contributed by atoms with Crippen molar-refractivity contribution in [1.29, 1.82) is 0 Å². The van der Waals surface area contributed by atoms with Crippen LogP contribution < -0.4 is 5.32 Å². The second-order valence-corrected chi connectivity index (χ2v) is 4.06. The number of benzene rings is 1. The van der Waals surface area contributed by atoms with Crippen LogP contribution in [-0.4, -0.2) is 29.5 Å². The number of nitro groups is 1. The van der Waals surface area contributed by atoms with Gasteiger partial charge in [0.1, 0.15) is 5.69 Å². The van der Waals surface area contributed by atoms with Crippen LogP contribution in [0.4, 0.5) is 11.4 Å². The third-order valence-corrected chi connectivity index (χ3v) is 2.97. The average molecular weight is 251 g/mol. The smallest absolute Gasteiger partial charge is 0.292 e. The lowest BCUT2D eigenvalue weighted by Gasteiger charge is -2.20. The molecule has 0 spiro atoms. The van der Waals surface area contributed by atoms with Crippen LogP contribution in [0, 0.1) is 10.1 Å². The molecule has 1 aromatic rings. The van der Waals surface area contributed by atoms with Crippen LogP contribution >= 0.6 is 0 Å². The molecule has 0 aliphatic heterocycles. The van der Waals surface area contributed by atoms with Crippen molar-refractivity contribution < 1.29 is 4.92 Å². The van der Waals surface area contributed by atoms with E-state index >= 15 is 0 Å². The van der Waals surface area contributed by atoms with Gasteiger partial charge < -0.3 is 5.32 Å². The van der Waals surface area contributed by atoms with Crippen molar-refractivity contribution >= 4 is 11.4 Å². The Morgan fingerprint density at radius 1 is 1.28 bits per heavy atom. The molecule has 0 fully saturated rings. The molecule has 0 aromatic heterocycles. The van der Waals surface area contributed by atoms with Gasteiger partial charge in [-0.25, -0.2) is 0 Å². The number of hydrogen-bond donors (Lipinski definition) is 1. The fourth-order valence-corrected chi connectivity index (χ4v) is 1.94. The minimum atomic E-state index is -0.330. The van der Waals surface area contributed by atoms with Gasteiger partial charge in [-0.15, -0.1) is 0 Å². The van der Waals surface area contributed by atoms with Crippen molar-refractivity contribution in [3.8, 4) is 0 Å². The lowest BCUT2D eigenvalue weighted by atomic mass is 10.1. The molecule has 0 aliphatic carbocycles. The number of nitrogens with zero attached hydrogens (tertiary/aromatic N) is 2. The maximum absolute atomic E-state index is 11.0. The second kappa shape index (κ2) is 6.96. The maximum atomic E-state index is 11.0. The highest BCUT2D eigenvalue weighted by atomic mass is 16.6. The summed E-state index contributed by atoms with van der Waals surface area (Å²) in [6, 6.07) is 5.24. The van der Waals surface area contributed by atoms with E-state index < -0.39 is 0 Å². The predicted molar refractivity (Wildman–Crippen MR) is 73.9 cm³/mol. The van der Waals surface area contributed by atoms with Gasteiger partial charge in [-0.3, -0.25) is 15.0 Å². The van der Waals surface area contributed by atoms with Gasteiger partial charge in [-0.1, -0.05) is 26.0 Å². The molecule has 0 radical (unpaired) electrons. The molecule has 5 heteroatoms. The quantitative estimate of drug-likeness (QED) is 0.598. The normalized spacial score (nSPS) is 10.7. The fraction of sp³-hybridized carbons (Fsp3) is 0.538. The van der Waals surface area contributed by atoms with Crippen molar-refractivity contribution in [3.63, 3.8) is 0 Å². The predicted octanol–water partition coefficient (Wildman–Crippen LogP) is 2.87. The zero-order valence-corrected chi connectivity index (χ0v) is 11.3. The van der Waals surface area contributed by atoms with Crippen LogP contribution in [0.2, 0.25) is 0 Å². The first-order chi connectivity index (χ1) is 8.63. The molecule has 0 amide bonds. The van der Waals surface area contributed by atoms with Gasteiger partial charge in [0, 0.05) is 19.2 Å². The van der Waals surface area contributed by atoms with Crippen LogP contribution in [0.5, 0.6) is 0 Å². The molecule has 0 saturated heterocycles. The Bertz CT molecular complexity index is 403. The summed E-state index contributed by atoms with van der Waals surface area (Å²) < 4.78 is 0. The topological polar surface area (TPSA) is 58.4 Å². The van der Waals surface area contributed by atoms with Crippen molar-refractivity contribution in [1.82, 2.24) is 4.90 Å². The lowest BCUT2D eigenvalue weighted by molar-refractivity contribution is -0.384. The molecular weight excluding hydrogens is 230 g/mol. The maximum Gasteiger partial charge on any atom is 0.292 e. The summed E-state index contributed by atoms with van der Waals surface area (Å²) in [5.74, 6) is 0. The molecule has 0 bridgehead atoms. The minimum Gasteiger partial charge on any atom is -0.380 e. The molecule has 18 heavy (non-hydrogen) atoms. The molecule has 1 aromatic carbocycles. The number of nitro benzene ring substituents is 1. The van der Waals surface area contributed by atoms with Crippen molar-refractivity contribution in [2.45, 2.75) is 27.3 Å². The Morgan fingerprint density at radius 2 is 1.94 bits per heavy atom. The van der Waals surface area contributed by atoms with Gasteiger partial charge >= 0.3 is 0 Å². The van der Waals surface area contributed by atoms with Gasteiger partial charge in [-0.05, 0) is 25.6 Å². The Labute approximate surface area is 108 Å². The summed E-state index contributed by atoms with van der Waals surface area (Å²) >= 11 is 0. The fourth-order valence-electron chi connectivity index (χ4n) is 1.94. The standard InChI is InChI=1S/C13H21N3O2/c1-4-14-13-11(10-15(5-2)6-3)8-7-9-12(13)16(17)18/h7-9,14H,4-6,10H2,1-3H3. The highest BCUT2D eigenvalue weighted by Crippen LogP contribution is 2.29. The zero-order valence-electron chi connectivity index (χ0n) is 11.3. The van der Waals surface area contributed by atoms with Gasteiger partial charge in [0.05, 0.1) is 4.92 Å². The van der Waals surface area contributed by atoms with Crippen molar-refractivity contribution in [3.05, 3.63) is 33.9 Å². The number of para-hydroxylation sites is 1. The summed E-state index contributed by atoms with van der Waals surface area (Å²) in [5, 5.41) is 14.1. The van der Waals surface area contributed by atoms with E-state index in [0.29, 0.717) is 12.2 Å². The van der Waals surface area contributed by atoms with Crippen LogP contribution in [-0.2, 0) is 6.54 Å². The highest BCUT2D eigenvalue weighted by molar-refractivity contribution is 5.66. The van der Waals surface area contributed by atoms with E-state index in [-0.39, 0.29) is 10.6 Å². The van der Waals surface area contributed by atoms with Gasteiger partial charge in [-0.2, -0.15) is 0 Å². The molecule has 1 N–H and O–H groups in total. The SMILES string of the molecule is CCNc1c(CN(CC)CC)cccc1[N+](=O)[O-]. The van der Waals surface area contributed by atoms with E-state index in [9.17, 15) is 10.1 Å². The first kappa shape index (κ1) is 14.4. The summed E-state index contributed by atoms with van der Waals surface area (Å²) in [6.45, 7) is 9.40. The van der Waals surface area contributed by atoms with E-state index in [2.05, 4.69) is 24.1 Å². The van der Waals surface area contributed by atoms with Crippen LogP contribution in [0.3, 0.4) is 0 Å². The van der Waals surface area contributed by atoms with E-state index in [1.807, 2.05) is 13.0 Å². The van der Waals surface area contributed by atoms with Crippen LogP contribution in [0.1, 0.15) is 26.3 Å². The summed E-state index contributed by atoms with van der Waals surface area (Å²) in [4.78, 5) is 12.9. The zero-order chi connectivity index (χ0) is 13.5. The summed E-state index contributed by atoms with van der Waals surface area (Å²) in [6.07, 6.45) is 0. The van der Waals surface area contributed by atoms with Crippen molar-refractivity contribution in [2.75, 3.05) is 25.0 Å². The molecule has 5 nitrogen and oxygen atoms in total. The van der Waals surface area contributed by atoms with Gasteiger partial charge in [0.15, 0.2) is 0 Å². The number of nitrogens with one attached hydrogen (secondary N) is 1. The molecular formula is C13H21N3O2. The molecule has 0 unspecified atom stereocenters. The van der Waals surface area contributed by atoms with E-state index in [1.165, 1.54) is 0 Å². The molecule has 0 atom stereocenters. The van der Waals surface area contributed by atoms with Gasteiger partial charge in [0.2, 0.25) is 0 Å². The lowest BCUT2D eigenvalue weighted by Crippen LogP contribution is -2.23. The molecule has 0 aliphatic rings. The second-order valence-electron chi connectivity index (χ2n) is 4.06. The van der Waals surface area contributed by atoms with Crippen molar-refractivity contribution in [2.24, 2.45) is 0 Å². The largest absolute Gasteiger partial charge is 0.380 e. The third kappa shape index (κ3) is 3.43. The van der Waals surface area contributed by atoms with E-state index in [1.54, 1.807) is 12.1 Å². The molecule has 0 heterocycles. The monoisotopic (exact) mass is 251 g/mol. The Kier molecular flexibility index (Phi) is 5.58. The summed E-state index contributed by atoms with van der Waals surface area (Å²) in [5.41, 5.74) is 1.79. The van der Waals surface area contributed by atoms with Gasteiger partial charge in [0.25, 0.3) is 5.69 Å². The average Bonchev–Trinajstić information content (AvgIpc) is 2.37. The highest BCUT2D eigenvalue weighted by Gasteiger charge is 2.17. The van der Waals surface area contributed by atoms with E-state index in [4.69, 9.17) is 0 Å². The minimum absolute atomic E-state index is 0.154. The van der Waals surface area contributed by atoms with Crippen LogP contribution in [0.25, 0.3) is 0 Å². The number of rotatable bonds is 7. The molecule has 1 rings (SSSR count). The Balaban J connectivity index is 3.09. The first-order valence-corrected chi connectivity index (χ1v) is 6.36. The Hall–Kier alpha value is -1.62. The summed E-state index contributed by atoms with van der Waals surface area (Å²) in [7, 11) is 0.